The fourth-order valence-electron chi connectivity index (χ4n) is 1.94. The van der Waals surface area contributed by atoms with Crippen LogP contribution < -0.4 is 16.0 Å². The van der Waals surface area contributed by atoms with E-state index < -0.39 is 28.5 Å². The molecule has 1 amide bonds. The molecule has 0 saturated carbocycles. The van der Waals surface area contributed by atoms with E-state index in [0.717, 1.165) is 6.07 Å². The Morgan fingerprint density at radius 3 is 2.42 bits per heavy atom. The Labute approximate surface area is 149 Å². The number of hydrogen-bond donors (Lipinski definition) is 2. The summed E-state index contributed by atoms with van der Waals surface area (Å²) in [6, 6.07) is 8.19. The van der Waals surface area contributed by atoms with E-state index in [9.17, 15) is 22.8 Å². The quantitative estimate of drug-likeness (QED) is 0.650. The number of rotatable bonds is 6. The second-order valence-corrected chi connectivity index (χ2v) is 6.97. The van der Waals surface area contributed by atoms with Crippen molar-refractivity contribution in [2.45, 2.75) is 11.4 Å². The van der Waals surface area contributed by atoms with Crippen molar-refractivity contribution in [1.82, 2.24) is 9.88 Å². The number of ether oxygens (including phenoxy) is 1. The maximum absolute atomic E-state index is 11.8. The van der Waals surface area contributed by atoms with Crippen LogP contribution in [0, 0.1) is 0 Å². The minimum absolute atomic E-state index is 0.0319. The van der Waals surface area contributed by atoms with E-state index in [2.05, 4.69) is 5.32 Å². The molecule has 9 nitrogen and oxygen atoms in total. The summed E-state index contributed by atoms with van der Waals surface area (Å²) in [5.41, 5.74) is 0.329. The lowest BCUT2D eigenvalue weighted by atomic mass is 10.2. The summed E-state index contributed by atoms with van der Waals surface area (Å²) in [7, 11) is -2.23. The highest BCUT2D eigenvalue weighted by atomic mass is 32.2. The lowest BCUT2D eigenvalue weighted by Crippen LogP contribution is -2.28. The molecule has 138 valence electrons. The maximum atomic E-state index is 11.8. The van der Waals surface area contributed by atoms with Crippen molar-refractivity contribution in [3.05, 3.63) is 64.1 Å². The summed E-state index contributed by atoms with van der Waals surface area (Å²) in [5.74, 6) is -1.33. The van der Waals surface area contributed by atoms with Gasteiger partial charge in [-0.3, -0.25) is 9.59 Å². The molecule has 0 aliphatic carbocycles. The topological polar surface area (TPSA) is 138 Å². The highest BCUT2D eigenvalue weighted by Crippen LogP contribution is 2.08. The van der Waals surface area contributed by atoms with Crippen molar-refractivity contribution in [3.63, 3.8) is 0 Å². The standard InChI is InChI=1S/C16H17N3O6S/c1-19-7-6-12(8-15(19)21)16(22)25-10-14(20)18-9-11-2-4-13(5-3-11)26(17,23)24/h2-8H,9-10H2,1H3,(H,18,20)(H2,17,23,24). The number of nitrogens with one attached hydrogen (secondary N) is 1. The minimum Gasteiger partial charge on any atom is -0.452 e. The molecule has 0 spiro atoms. The van der Waals surface area contributed by atoms with Gasteiger partial charge in [-0.1, -0.05) is 12.1 Å². The van der Waals surface area contributed by atoms with E-state index in [1.165, 1.54) is 41.1 Å². The third-order valence-corrected chi connectivity index (χ3v) is 4.35. The second kappa shape index (κ2) is 7.93. The Morgan fingerprint density at radius 1 is 1.19 bits per heavy atom. The second-order valence-electron chi connectivity index (χ2n) is 5.41. The van der Waals surface area contributed by atoms with Crippen LogP contribution in [-0.2, 0) is 33.1 Å². The normalized spacial score (nSPS) is 11.0. The van der Waals surface area contributed by atoms with Crippen LogP contribution in [0.1, 0.15) is 15.9 Å². The number of sulfonamides is 1. The number of nitrogens with zero attached hydrogens (tertiary/aromatic N) is 1. The zero-order valence-electron chi connectivity index (χ0n) is 13.8. The van der Waals surface area contributed by atoms with E-state index in [4.69, 9.17) is 9.88 Å². The summed E-state index contributed by atoms with van der Waals surface area (Å²) >= 11 is 0. The van der Waals surface area contributed by atoms with Gasteiger partial charge in [-0.2, -0.15) is 0 Å². The van der Waals surface area contributed by atoms with Gasteiger partial charge in [0.15, 0.2) is 6.61 Å². The van der Waals surface area contributed by atoms with Crippen molar-refractivity contribution >= 4 is 21.9 Å². The molecular formula is C16H17N3O6S. The minimum atomic E-state index is -3.77. The van der Waals surface area contributed by atoms with E-state index >= 15 is 0 Å². The molecule has 0 radical (unpaired) electrons. The van der Waals surface area contributed by atoms with Crippen LogP contribution in [0.4, 0.5) is 0 Å². The predicted octanol–water partition coefficient (Wildman–Crippen LogP) is -0.494. The van der Waals surface area contributed by atoms with Crippen LogP contribution in [0.25, 0.3) is 0 Å². The van der Waals surface area contributed by atoms with Gasteiger partial charge in [0.25, 0.3) is 11.5 Å². The summed E-state index contributed by atoms with van der Waals surface area (Å²) in [6.45, 7) is -0.392. The average Bonchev–Trinajstić information content (AvgIpc) is 2.59. The van der Waals surface area contributed by atoms with Crippen LogP contribution in [0.5, 0.6) is 0 Å². The van der Waals surface area contributed by atoms with Gasteiger partial charge >= 0.3 is 5.97 Å². The monoisotopic (exact) mass is 379 g/mol. The van der Waals surface area contributed by atoms with E-state index in [0.29, 0.717) is 5.56 Å². The third-order valence-electron chi connectivity index (χ3n) is 3.42. The SMILES string of the molecule is Cn1ccc(C(=O)OCC(=O)NCc2ccc(S(N)(=O)=O)cc2)cc1=O. The number of primary sulfonamides is 1. The summed E-state index contributed by atoms with van der Waals surface area (Å²) in [4.78, 5) is 35.0. The van der Waals surface area contributed by atoms with Crippen molar-refractivity contribution < 1.29 is 22.7 Å². The molecule has 0 aliphatic rings. The van der Waals surface area contributed by atoms with Gasteiger partial charge in [-0.05, 0) is 23.8 Å². The molecule has 1 heterocycles. The van der Waals surface area contributed by atoms with E-state index in [1.54, 1.807) is 7.05 Å². The van der Waals surface area contributed by atoms with Crippen LogP contribution in [0.3, 0.4) is 0 Å². The highest BCUT2D eigenvalue weighted by molar-refractivity contribution is 7.89. The number of aromatic nitrogens is 1. The average molecular weight is 379 g/mol. The molecular weight excluding hydrogens is 362 g/mol. The predicted molar refractivity (Wildman–Crippen MR) is 91.6 cm³/mol. The van der Waals surface area contributed by atoms with Gasteiger partial charge in [0.2, 0.25) is 10.0 Å². The summed E-state index contributed by atoms with van der Waals surface area (Å²) in [6.07, 6.45) is 1.42. The lowest BCUT2D eigenvalue weighted by molar-refractivity contribution is -0.124. The highest BCUT2D eigenvalue weighted by Gasteiger charge is 2.11. The Morgan fingerprint density at radius 2 is 1.85 bits per heavy atom. The Hall–Kier alpha value is -2.98. The first kappa shape index (κ1) is 19.3. The molecule has 1 aromatic carbocycles. The number of benzene rings is 1. The smallest absolute Gasteiger partial charge is 0.338 e. The molecule has 2 aromatic rings. The maximum Gasteiger partial charge on any atom is 0.338 e. The molecule has 26 heavy (non-hydrogen) atoms. The van der Waals surface area contributed by atoms with Crippen LogP contribution in [0.15, 0.2) is 52.3 Å². The first-order valence-electron chi connectivity index (χ1n) is 7.39. The van der Waals surface area contributed by atoms with E-state index in [-0.39, 0.29) is 22.6 Å². The van der Waals surface area contributed by atoms with Gasteiger partial charge in [0, 0.05) is 25.9 Å². The molecule has 0 unspecified atom stereocenters. The van der Waals surface area contributed by atoms with Crippen LogP contribution >= 0.6 is 0 Å². The van der Waals surface area contributed by atoms with Gasteiger partial charge in [-0.25, -0.2) is 18.4 Å². The van der Waals surface area contributed by atoms with Crippen molar-refractivity contribution in [1.29, 1.82) is 0 Å². The van der Waals surface area contributed by atoms with Crippen LogP contribution in [0.2, 0.25) is 0 Å². The van der Waals surface area contributed by atoms with Crippen molar-refractivity contribution in [2.75, 3.05) is 6.61 Å². The molecule has 0 fully saturated rings. The number of nitrogens with two attached hydrogens (primary N) is 1. The number of esters is 1. The van der Waals surface area contributed by atoms with Crippen molar-refractivity contribution in [3.8, 4) is 0 Å². The summed E-state index contributed by atoms with van der Waals surface area (Å²) in [5, 5.41) is 7.52. The third kappa shape index (κ3) is 5.26. The lowest BCUT2D eigenvalue weighted by Gasteiger charge is -2.07. The van der Waals surface area contributed by atoms with Gasteiger partial charge in [0.05, 0.1) is 10.5 Å². The zero-order valence-corrected chi connectivity index (χ0v) is 14.7. The van der Waals surface area contributed by atoms with E-state index in [1.807, 2.05) is 0 Å². The van der Waals surface area contributed by atoms with Gasteiger partial charge in [-0.15, -0.1) is 0 Å². The molecule has 10 heteroatoms. The summed E-state index contributed by atoms with van der Waals surface area (Å²) < 4.78 is 28.4. The molecule has 2 rings (SSSR count). The fourth-order valence-corrected chi connectivity index (χ4v) is 2.45. The molecule has 0 bridgehead atoms. The molecule has 3 N–H and O–H groups in total. The molecule has 0 aliphatic heterocycles. The first-order valence-corrected chi connectivity index (χ1v) is 8.94. The Balaban J connectivity index is 1.84. The number of carbonyl (C=O) groups is 2. The fraction of sp³-hybridized carbons (Fsp3) is 0.188. The largest absolute Gasteiger partial charge is 0.452 e. The number of pyridine rings is 1. The Kier molecular flexibility index (Phi) is 5.90. The first-order chi connectivity index (χ1) is 12.2. The van der Waals surface area contributed by atoms with Gasteiger partial charge < -0.3 is 14.6 Å². The number of carbonyl (C=O) groups excluding carboxylic acids is 2. The van der Waals surface area contributed by atoms with Crippen molar-refractivity contribution in [2.24, 2.45) is 12.2 Å². The van der Waals surface area contributed by atoms with Gasteiger partial charge in [0.1, 0.15) is 0 Å². The number of aryl methyl sites for hydroxylation is 1. The molecule has 0 saturated heterocycles. The number of amides is 1. The van der Waals surface area contributed by atoms with Crippen LogP contribution in [-0.4, -0.2) is 31.5 Å². The Bertz CT molecular complexity index is 980. The number of hydrogen-bond acceptors (Lipinski definition) is 6. The zero-order chi connectivity index (χ0) is 19.3. The molecule has 1 aromatic heterocycles. The molecule has 0 atom stereocenters.